The highest BCUT2D eigenvalue weighted by molar-refractivity contribution is 8.16. The molecule has 0 saturated heterocycles. The number of thioether (sulfide) groups is 2. The van der Waals surface area contributed by atoms with Crippen molar-refractivity contribution in [3.8, 4) is 0 Å². The molecule has 0 aliphatic heterocycles. The van der Waals surface area contributed by atoms with Gasteiger partial charge in [-0.1, -0.05) is 0 Å². The van der Waals surface area contributed by atoms with Gasteiger partial charge in [-0.15, -0.1) is 23.5 Å². The molecular formula is C8H18O5S2. The van der Waals surface area contributed by atoms with Gasteiger partial charge in [-0.05, 0) is 12.5 Å². The Morgan fingerprint density at radius 2 is 1.33 bits per heavy atom. The first-order chi connectivity index (χ1) is 6.99. The van der Waals surface area contributed by atoms with E-state index in [1.165, 1.54) is 23.5 Å². The van der Waals surface area contributed by atoms with Gasteiger partial charge in [0.25, 0.3) is 0 Å². The van der Waals surface area contributed by atoms with Crippen molar-refractivity contribution in [3.63, 3.8) is 0 Å². The van der Waals surface area contributed by atoms with Crippen molar-refractivity contribution in [1.82, 2.24) is 0 Å². The number of aliphatic hydroxyl groups is 5. The van der Waals surface area contributed by atoms with Gasteiger partial charge in [0.15, 0.2) is 0 Å². The van der Waals surface area contributed by atoms with E-state index in [2.05, 4.69) is 0 Å². The Bertz CT molecular complexity index is 167. The summed E-state index contributed by atoms with van der Waals surface area (Å²) in [5.41, 5.74) is 0. The average Bonchev–Trinajstić information content (AvgIpc) is 2.27. The van der Waals surface area contributed by atoms with Gasteiger partial charge >= 0.3 is 0 Å². The SMILES string of the molecule is CSC(SC)[C@H](O)[C@@H](O)[C@@H](O)[C@H](O)CO. The Morgan fingerprint density at radius 1 is 0.867 bits per heavy atom. The minimum absolute atomic E-state index is 0.291. The standard InChI is InChI=1S/C8H18O5S2/c1-14-8(15-2)7(13)6(12)5(11)4(10)3-9/h4-13H,3H2,1-2H3/t4-,5+,6+,7-/m1/s1. The molecule has 0 aliphatic rings. The van der Waals surface area contributed by atoms with E-state index in [9.17, 15) is 15.3 Å². The maximum Gasteiger partial charge on any atom is 0.111 e. The summed E-state index contributed by atoms with van der Waals surface area (Å²) >= 11 is 2.68. The van der Waals surface area contributed by atoms with Crippen LogP contribution in [0.1, 0.15) is 0 Å². The van der Waals surface area contributed by atoms with Crippen molar-refractivity contribution in [3.05, 3.63) is 0 Å². The Labute approximate surface area is 97.5 Å². The van der Waals surface area contributed by atoms with Crippen LogP contribution in [0, 0.1) is 0 Å². The summed E-state index contributed by atoms with van der Waals surface area (Å²) in [6.07, 6.45) is -2.09. The van der Waals surface area contributed by atoms with E-state index in [1.807, 2.05) is 0 Å². The molecule has 0 aromatic carbocycles. The van der Waals surface area contributed by atoms with Crippen LogP contribution in [0.15, 0.2) is 0 Å². The third kappa shape index (κ3) is 4.48. The zero-order chi connectivity index (χ0) is 12.0. The molecule has 4 atom stereocenters. The topological polar surface area (TPSA) is 101 Å². The quantitative estimate of drug-likeness (QED) is 0.353. The van der Waals surface area contributed by atoms with E-state index < -0.39 is 31.0 Å². The molecule has 0 rings (SSSR count). The molecule has 0 radical (unpaired) electrons. The van der Waals surface area contributed by atoms with E-state index >= 15 is 0 Å². The minimum atomic E-state index is -1.55. The maximum absolute atomic E-state index is 9.65. The molecule has 0 spiro atoms. The third-order valence-corrected chi connectivity index (χ3v) is 4.67. The van der Waals surface area contributed by atoms with Gasteiger partial charge in [-0.3, -0.25) is 0 Å². The van der Waals surface area contributed by atoms with Crippen molar-refractivity contribution in [1.29, 1.82) is 0 Å². The molecule has 0 fully saturated rings. The van der Waals surface area contributed by atoms with Crippen molar-refractivity contribution >= 4 is 23.5 Å². The predicted octanol–water partition coefficient (Wildman–Crippen LogP) is -1.53. The lowest BCUT2D eigenvalue weighted by atomic mass is 10.0. The Hall–Kier alpha value is 0.500. The first kappa shape index (κ1) is 15.5. The first-order valence-electron chi connectivity index (χ1n) is 4.38. The van der Waals surface area contributed by atoms with Gasteiger partial charge in [-0.2, -0.15) is 0 Å². The summed E-state index contributed by atoms with van der Waals surface area (Å²) in [5.74, 6) is 0. The zero-order valence-corrected chi connectivity index (χ0v) is 10.3. The molecule has 0 amide bonds. The molecule has 92 valence electrons. The monoisotopic (exact) mass is 258 g/mol. The second-order valence-electron chi connectivity index (χ2n) is 3.06. The van der Waals surface area contributed by atoms with Gasteiger partial charge < -0.3 is 25.5 Å². The lowest BCUT2D eigenvalue weighted by Crippen LogP contribution is -2.48. The van der Waals surface area contributed by atoms with Crippen LogP contribution in [-0.4, -0.2) is 73.6 Å². The molecule has 0 saturated carbocycles. The second-order valence-corrected chi connectivity index (χ2v) is 5.32. The van der Waals surface area contributed by atoms with Crippen LogP contribution < -0.4 is 0 Å². The van der Waals surface area contributed by atoms with Gasteiger partial charge in [0.1, 0.15) is 24.4 Å². The molecule has 5 nitrogen and oxygen atoms in total. The van der Waals surface area contributed by atoms with Gasteiger partial charge in [0.2, 0.25) is 0 Å². The van der Waals surface area contributed by atoms with Crippen molar-refractivity contribution < 1.29 is 25.5 Å². The van der Waals surface area contributed by atoms with E-state index in [1.54, 1.807) is 12.5 Å². The van der Waals surface area contributed by atoms with E-state index in [-0.39, 0.29) is 4.58 Å². The first-order valence-corrected chi connectivity index (χ1v) is 6.95. The van der Waals surface area contributed by atoms with Crippen LogP contribution in [0.4, 0.5) is 0 Å². The highest BCUT2D eigenvalue weighted by atomic mass is 32.2. The summed E-state index contributed by atoms with van der Waals surface area (Å²) in [5, 5.41) is 46.2. The smallest absolute Gasteiger partial charge is 0.111 e. The van der Waals surface area contributed by atoms with E-state index in [0.717, 1.165) is 0 Å². The van der Waals surface area contributed by atoms with Gasteiger partial charge in [-0.25, -0.2) is 0 Å². The fourth-order valence-corrected chi connectivity index (χ4v) is 2.72. The van der Waals surface area contributed by atoms with Crippen molar-refractivity contribution in [2.24, 2.45) is 0 Å². The highest BCUT2D eigenvalue weighted by Gasteiger charge is 2.34. The summed E-state index contributed by atoms with van der Waals surface area (Å²) in [7, 11) is 0. The molecule has 0 aromatic heterocycles. The summed E-state index contributed by atoms with van der Waals surface area (Å²) in [6.45, 7) is -0.659. The lowest BCUT2D eigenvalue weighted by molar-refractivity contribution is -0.111. The third-order valence-electron chi connectivity index (χ3n) is 2.02. The highest BCUT2D eigenvalue weighted by Crippen LogP contribution is 2.25. The number of hydrogen-bond acceptors (Lipinski definition) is 7. The van der Waals surface area contributed by atoms with E-state index in [0.29, 0.717) is 0 Å². The van der Waals surface area contributed by atoms with E-state index in [4.69, 9.17) is 10.2 Å². The molecule has 7 heteroatoms. The number of aliphatic hydroxyl groups excluding tert-OH is 5. The Kier molecular flexibility index (Phi) is 7.98. The second kappa shape index (κ2) is 7.72. The molecule has 15 heavy (non-hydrogen) atoms. The summed E-state index contributed by atoms with van der Waals surface area (Å²) < 4.78 is -0.291. The Morgan fingerprint density at radius 3 is 1.67 bits per heavy atom. The van der Waals surface area contributed by atoms with Crippen LogP contribution in [0.25, 0.3) is 0 Å². The predicted molar refractivity (Wildman–Crippen MR) is 61.9 cm³/mol. The fourth-order valence-electron chi connectivity index (χ4n) is 1.07. The van der Waals surface area contributed by atoms with Crippen LogP contribution in [0.5, 0.6) is 0 Å². The lowest BCUT2D eigenvalue weighted by Gasteiger charge is -2.29. The van der Waals surface area contributed by atoms with Crippen LogP contribution in [-0.2, 0) is 0 Å². The summed E-state index contributed by atoms with van der Waals surface area (Å²) in [4.78, 5) is 0. The molecule has 0 heterocycles. The van der Waals surface area contributed by atoms with Crippen LogP contribution in [0.2, 0.25) is 0 Å². The van der Waals surface area contributed by atoms with Crippen molar-refractivity contribution in [2.45, 2.75) is 29.0 Å². The number of hydrogen-bond donors (Lipinski definition) is 5. The molecule has 0 aromatic rings. The molecule has 0 bridgehead atoms. The Balaban J connectivity index is 4.34. The van der Waals surface area contributed by atoms with Gasteiger partial charge in [0, 0.05) is 0 Å². The molecular weight excluding hydrogens is 240 g/mol. The maximum atomic E-state index is 9.65. The average molecular weight is 258 g/mol. The summed E-state index contributed by atoms with van der Waals surface area (Å²) in [6, 6.07) is 0. The number of rotatable bonds is 7. The normalized spacial score (nSPS) is 20.0. The fraction of sp³-hybridized carbons (Fsp3) is 1.00. The van der Waals surface area contributed by atoms with Gasteiger partial charge in [0.05, 0.1) is 11.2 Å². The molecule has 0 unspecified atom stereocenters. The van der Waals surface area contributed by atoms with Crippen molar-refractivity contribution in [2.75, 3.05) is 19.1 Å². The zero-order valence-electron chi connectivity index (χ0n) is 8.65. The largest absolute Gasteiger partial charge is 0.394 e. The molecule has 5 N–H and O–H groups in total. The van der Waals surface area contributed by atoms with Crippen LogP contribution >= 0.6 is 23.5 Å². The minimum Gasteiger partial charge on any atom is -0.394 e. The molecule has 0 aliphatic carbocycles. The van der Waals surface area contributed by atoms with Crippen LogP contribution in [0.3, 0.4) is 0 Å².